The zero-order valence-electron chi connectivity index (χ0n) is 16.4. The van der Waals surface area contributed by atoms with E-state index in [-0.39, 0.29) is 17.6 Å². The van der Waals surface area contributed by atoms with E-state index in [1.807, 2.05) is 35.2 Å². The molecule has 1 saturated carbocycles. The molecule has 0 heterocycles. The van der Waals surface area contributed by atoms with E-state index in [9.17, 15) is 13.2 Å². The molecule has 0 unspecified atom stereocenters. The molecule has 2 aromatic rings. The number of hydrogen-bond acceptors (Lipinski definition) is 4. The lowest BCUT2D eigenvalue weighted by molar-refractivity contribution is -0.133. The summed E-state index contributed by atoms with van der Waals surface area (Å²) >= 11 is 0. The van der Waals surface area contributed by atoms with Gasteiger partial charge in [0.1, 0.15) is 5.75 Å². The Morgan fingerprint density at radius 1 is 1.11 bits per heavy atom. The van der Waals surface area contributed by atoms with Crippen molar-refractivity contribution >= 4 is 16.0 Å². The van der Waals surface area contributed by atoms with Gasteiger partial charge in [0.15, 0.2) is 0 Å². The molecule has 0 bridgehead atoms. The van der Waals surface area contributed by atoms with E-state index in [0.717, 1.165) is 37.6 Å². The highest BCUT2D eigenvalue weighted by Crippen LogP contribution is 2.48. The molecule has 5 nitrogen and oxygen atoms in total. The van der Waals surface area contributed by atoms with Crippen LogP contribution in [0.4, 0.5) is 0 Å². The summed E-state index contributed by atoms with van der Waals surface area (Å²) in [5.74, 6) is 0.873. The smallest absolute Gasteiger partial charge is 0.306 e. The summed E-state index contributed by atoms with van der Waals surface area (Å²) in [6.45, 7) is 3.37. The standard InChI is InChI=1S/C22H27NO4S/c1-3-4-14-23(16-17-10-12-19(13-11-17)27-28(2,25)26)22(24)21-15-20(21)18-8-6-5-7-9-18/h5-13,20-21H,3-4,14-16H2,1-2H3/t20-,21+/m0/s1. The largest absolute Gasteiger partial charge is 0.383 e. The predicted molar refractivity (Wildman–Crippen MR) is 110 cm³/mol. The van der Waals surface area contributed by atoms with E-state index in [2.05, 4.69) is 19.1 Å². The van der Waals surface area contributed by atoms with E-state index < -0.39 is 10.1 Å². The summed E-state index contributed by atoms with van der Waals surface area (Å²) in [4.78, 5) is 15.0. The fourth-order valence-electron chi connectivity index (χ4n) is 3.43. The Bertz CT molecular complexity index is 894. The van der Waals surface area contributed by atoms with Crippen molar-refractivity contribution < 1.29 is 17.4 Å². The Morgan fingerprint density at radius 3 is 2.39 bits per heavy atom. The topological polar surface area (TPSA) is 63.7 Å². The second kappa shape index (κ2) is 8.78. The van der Waals surface area contributed by atoms with Crippen LogP contribution >= 0.6 is 0 Å². The number of unbranched alkanes of at least 4 members (excludes halogenated alkanes) is 1. The molecule has 1 aliphatic carbocycles. The van der Waals surface area contributed by atoms with Gasteiger partial charge in [-0.25, -0.2) is 0 Å². The van der Waals surface area contributed by atoms with Gasteiger partial charge in [-0.2, -0.15) is 8.42 Å². The van der Waals surface area contributed by atoms with Crippen molar-refractivity contribution in [2.45, 2.75) is 38.6 Å². The monoisotopic (exact) mass is 401 g/mol. The Kier molecular flexibility index (Phi) is 6.39. The van der Waals surface area contributed by atoms with E-state index in [0.29, 0.717) is 12.5 Å². The van der Waals surface area contributed by atoms with Gasteiger partial charge < -0.3 is 9.08 Å². The van der Waals surface area contributed by atoms with Crippen LogP contribution in [0.2, 0.25) is 0 Å². The Labute approximate surface area is 167 Å². The zero-order valence-corrected chi connectivity index (χ0v) is 17.2. The number of carbonyl (C=O) groups is 1. The van der Waals surface area contributed by atoms with Crippen molar-refractivity contribution in [1.29, 1.82) is 0 Å². The third-order valence-electron chi connectivity index (χ3n) is 4.97. The van der Waals surface area contributed by atoms with Crippen LogP contribution in [0.5, 0.6) is 5.75 Å². The summed E-state index contributed by atoms with van der Waals surface area (Å²) in [6, 6.07) is 17.1. The first-order valence-corrected chi connectivity index (χ1v) is 11.5. The van der Waals surface area contributed by atoms with Gasteiger partial charge in [0, 0.05) is 19.0 Å². The summed E-state index contributed by atoms with van der Waals surface area (Å²) in [5, 5.41) is 0. The van der Waals surface area contributed by atoms with E-state index in [1.54, 1.807) is 12.1 Å². The van der Waals surface area contributed by atoms with Crippen molar-refractivity contribution in [3.63, 3.8) is 0 Å². The van der Waals surface area contributed by atoms with Gasteiger partial charge in [-0.3, -0.25) is 4.79 Å². The molecule has 150 valence electrons. The zero-order chi connectivity index (χ0) is 20.1. The molecule has 1 aliphatic rings. The molecular weight excluding hydrogens is 374 g/mol. The van der Waals surface area contributed by atoms with Crippen LogP contribution in [0.3, 0.4) is 0 Å². The van der Waals surface area contributed by atoms with E-state index >= 15 is 0 Å². The minimum Gasteiger partial charge on any atom is -0.383 e. The highest BCUT2D eigenvalue weighted by atomic mass is 32.2. The average Bonchev–Trinajstić information content (AvgIpc) is 3.46. The fourth-order valence-corrected chi connectivity index (χ4v) is 3.89. The molecule has 2 atom stereocenters. The lowest BCUT2D eigenvalue weighted by Gasteiger charge is -2.23. The molecule has 0 radical (unpaired) electrons. The number of carbonyl (C=O) groups excluding carboxylic acids is 1. The molecule has 0 N–H and O–H groups in total. The maximum atomic E-state index is 13.1. The second-order valence-electron chi connectivity index (χ2n) is 7.40. The van der Waals surface area contributed by atoms with E-state index in [4.69, 9.17) is 4.18 Å². The van der Waals surface area contributed by atoms with Crippen LogP contribution < -0.4 is 4.18 Å². The van der Waals surface area contributed by atoms with Crippen molar-refractivity contribution in [1.82, 2.24) is 4.90 Å². The minimum absolute atomic E-state index is 0.0621. The van der Waals surface area contributed by atoms with Crippen molar-refractivity contribution in [2.75, 3.05) is 12.8 Å². The molecule has 3 rings (SSSR count). The molecule has 0 spiro atoms. The minimum atomic E-state index is -3.54. The van der Waals surface area contributed by atoms with Crippen molar-refractivity contribution in [3.05, 3.63) is 65.7 Å². The number of rotatable bonds is 9. The van der Waals surface area contributed by atoms with Gasteiger partial charge >= 0.3 is 10.1 Å². The SMILES string of the molecule is CCCCN(Cc1ccc(OS(C)(=O)=O)cc1)C(=O)[C@@H]1C[C@H]1c1ccccc1. The Hall–Kier alpha value is -2.34. The van der Waals surface area contributed by atoms with Crippen molar-refractivity contribution in [2.24, 2.45) is 5.92 Å². The third-order valence-corrected chi connectivity index (χ3v) is 5.47. The summed E-state index contributed by atoms with van der Waals surface area (Å²) in [6.07, 6.45) is 3.92. The van der Waals surface area contributed by atoms with Crippen LogP contribution in [0.15, 0.2) is 54.6 Å². The highest BCUT2D eigenvalue weighted by molar-refractivity contribution is 7.86. The summed E-state index contributed by atoms with van der Waals surface area (Å²) in [5.41, 5.74) is 2.20. The molecule has 2 aromatic carbocycles. The normalized spacial score (nSPS) is 18.5. The van der Waals surface area contributed by atoms with Gasteiger partial charge in [0.2, 0.25) is 5.91 Å². The highest BCUT2D eigenvalue weighted by Gasteiger charge is 2.45. The molecule has 6 heteroatoms. The van der Waals surface area contributed by atoms with Crippen LogP contribution in [0.1, 0.15) is 43.2 Å². The summed E-state index contributed by atoms with van der Waals surface area (Å²) < 4.78 is 27.3. The average molecular weight is 402 g/mol. The van der Waals surface area contributed by atoms with Gasteiger partial charge in [0.05, 0.1) is 6.26 Å². The quantitative estimate of drug-likeness (QED) is 0.597. The molecule has 0 aromatic heterocycles. The first kappa shape index (κ1) is 20.4. The third kappa shape index (κ3) is 5.58. The summed E-state index contributed by atoms with van der Waals surface area (Å²) in [7, 11) is -3.54. The van der Waals surface area contributed by atoms with Crippen LogP contribution in [-0.4, -0.2) is 32.0 Å². The Morgan fingerprint density at radius 2 is 1.79 bits per heavy atom. The first-order valence-electron chi connectivity index (χ1n) is 9.69. The number of nitrogens with zero attached hydrogens (tertiary/aromatic N) is 1. The number of amides is 1. The molecule has 0 saturated heterocycles. The lowest BCUT2D eigenvalue weighted by atomic mass is 10.1. The molecule has 1 amide bonds. The predicted octanol–water partition coefficient (Wildman–Crippen LogP) is 3.96. The fraction of sp³-hybridized carbons (Fsp3) is 0.409. The van der Waals surface area contributed by atoms with Crippen LogP contribution in [0, 0.1) is 5.92 Å². The lowest BCUT2D eigenvalue weighted by Crippen LogP contribution is -2.33. The molecule has 1 fully saturated rings. The molecule has 28 heavy (non-hydrogen) atoms. The van der Waals surface area contributed by atoms with Crippen LogP contribution in [-0.2, 0) is 21.5 Å². The van der Waals surface area contributed by atoms with Gasteiger partial charge in [0.25, 0.3) is 0 Å². The maximum absolute atomic E-state index is 13.1. The maximum Gasteiger partial charge on any atom is 0.306 e. The van der Waals surface area contributed by atoms with E-state index in [1.165, 1.54) is 5.56 Å². The van der Waals surface area contributed by atoms with Crippen LogP contribution in [0.25, 0.3) is 0 Å². The van der Waals surface area contributed by atoms with Gasteiger partial charge in [-0.1, -0.05) is 55.8 Å². The number of hydrogen-bond donors (Lipinski definition) is 0. The first-order chi connectivity index (χ1) is 13.4. The van der Waals surface area contributed by atoms with Gasteiger partial charge in [-0.15, -0.1) is 0 Å². The van der Waals surface area contributed by atoms with Gasteiger partial charge in [-0.05, 0) is 42.0 Å². The molecular formula is C22H27NO4S. The van der Waals surface area contributed by atoms with Crippen molar-refractivity contribution in [3.8, 4) is 5.75 Å². The number of benzene rings is 2. The molecule has 0 aliphatic heterocycles. The Balaban J connectivity index is 1.66. The second-order valence-corrected chi connectivity index (χ2v) is 8.98.